The number of ether oxygens (including phenoxy) is 1. The summed E-state index contributed by atoms with van der Waals surface area (Å²) in [6.45, 7) is 4.59. The fourth-order valence-electron chi connectivity index (χ4n) is 1.30. The molecule has 0 saturated carbocycles. The maximum atomic E-state index is 13.2. The number of benzene rings is 1. The number of rotatable bonds is 7. The van der Waals surface area contributed by atoms with Gasteiger partial charge in [0, 0.05) is 6.07 Å². The van der Waals surface area contributed by atoms with E-state index in [1.54, 1.807) is 0 Å². The van der Waals surface area contributed by atoms with E-state index in [4.69, 9.17) is 16.3 Å². The molecule has 0 saturated heterocycles. The van der Waals surface area contributed by atoms with E-state index in [9.17, 15) is 4.39 Å². The van der Waals surface area contributed by atoms with Crippen molar-refractivity contribution in [1.29, 1.82) is 0 Å². The fraction of sp³-hybridized carbons (Fsp3) is 0.500. The molecule has 0 spiro atoms. The monoisotopic (exact) mass is 323 g/mol. The van der Waals surface area contributed by atoms with Gasteiger partial charge in [-0.25, -0.2) is 4.39 Å². The summed E-state index contributed by atoms with van der Waals surface area (Å²) >= 11 is 8.92. The predicted octanol–water partition coefficient (Wildman–Crippen LogP) is 4.01. The third-order valence-electron chi connectivity index (χ3n) is 2.16. The van der Waals surface area contributed by atoms with Crippen LogP contribution in [0.5, 0.6) is 5.75 Å². The van der Waals surface area contributed by atoms with Crippen molar-refractivity contribution in [1.82, 2.24) is 5.32 Å². The molecule has 1 N–H and O–H groups in total. The maximum absolute atomic E-state index is 13.2. The van der Waals surface area contributed by atoms with Gasteiger partial charge in [-0.05, 0) is 47.9 Å². The van der Waals surface area contributed by atoms with E-state index >= 15 is 0 Å². The van der Waals surface area contributed by atoms with Gasteiger partial charge in [0.1, 0.15) is 11.6 Å². The number of nitrogens with one attached hydrogen (secondary N) is 1. The predicted molar refractivity (Wildman–Crippen MR) is 72.4 cm³/mol. The van der Waals surface area contributed by atoms with Crippen molar-refractivity contribution in [2.45, 2.75) is 19.8 Å². The summed E-state index contributed by atoms with van der Waals surface area (Å²) in [6, 6.07) is 2.80. The van der Waals surface area contributed by atoms with Crippen LogP contribution in [-0.4, -0.2) is 19.7 Å². The minimum atomic E-state index is -0.464. The van der Waals surface area contributed by atoms with Gasteiger partial charge in [0.25, 0.3) is 0 Å². The number of halogens is 3. The summed E-state index contributed by atoms with van der Waals surface area (Å²) in [5.41, 5.74) is 0. The topological polar surface area (TPSA) is 21.3 Å². The second-order valence-corrected chi connectivity index (χ2v) is 4.91. The normalized spacial score (nSPS) is 10.6. The van der Waals surface area contributed by atoms with E-state index < -0.39 is 5.82 Å². The van der Waals surface area contributed by atoms with Crippen LogP contribution in [0.2, 0.25) is 5.02 Å². The molecule has 5 heteroatoms. The quantitative estimate of drug-likeness (QED) is 0.604. The molecule has 2 nitrogen and oxygen atoms in total. The van der Waals surface area contributed by atoms with Gasteiger partial charge in [0.15, 0.2) is 0 Å². The zero-order valence-corrected chi connectivity index (χ0v) is 12.1. The Morgan fingerprint density at radius 2 is 2.18 bits per heavy atom. The summed E-state index contributed by atoms with van der Waals surface area (Å²) in [4.78, 5) is 0. The van der Waals surface area contributed by atoms with E-state index in [1.807, 2.05) is 0 Å². The average Bonchev–Trinajstić information content (AvgIpc) is 2.30. The minimum Gasteiger partial charge on any atom is -0.492 e. The second kappa shape index (κ2) is 7.90. The van der Waals surface area contributed by atoms with Gasteiger partial charge in [0.2, 0.25) is 0 Å². The summed E-state index contributed by atoms with van der Waals surface area (Å²) < 4.78 is 19.3. The SMILES string of the molecule is CCCNCCCOc1cc(F)c(Cl)cc1Br. The standard InChI is InChI=1S/C12H16BrClFNO/c1-2-4-16-5-3-6-17-12-8-11(15)10(14)7-9(12)13/h7-8,16H,2-6H2,1H3. The van der Waals surface area contributed by atoms with Crippen molar-refractivity contribution >= 4 is 27.5 Å². The lowest BCUT2D eigenvalue weighted by atomic mass is 10.3. The highest BCUT2D eigenvalue weighted by molar-refractivity contribution is 9.10. The molecular weight excluding hydrogens is 308 g/mol. The van der Waals surface area contributed by atoms with E-state index in [0.29, 0.717) is 16.8 Å². The van der Waals surface area contributed by atoms with Crippen molar-refractivity contribution in [3.63, 3.8) is 0 Å². The van der Waals surface area contributed by atoms with E-state index in [1.165, 1.54) is 12.1 Å². The first kappa shape index (κ1) is 14.7. The Bertz CT molecular complexity index is 363. The summed E-state index contributed by atoms with van der Waals surface area (Å²) in [5, 5.41) is 3.36. The highest BCUT2D eigenvalue weighted by atomic mass is 79.9. The molecule has 0 radical (unpaired) electrons. The van der Waals surface area contributed by atoms with E-state index in [-0.39, 0.29) is 5.02 Å². The van der Waals surface area contributed by atoms with Crippen molar-refractivity contribution in [2.24, 2.45) is 0 Å². The molecule has 1 rings (SSSR count). The summed E-state index contributed by atoms with van der Waals surface area (Å²) in [5.74, 6) is 0.0244. The molecule has 0 aromatic heterocycles. The molecule has 0 aliphatic heterocycles. The first-order valence-electron chi connectivity index (χ1n) is 5.63. The Hall–Kier alpha value is -0.320. The highest BCUT2D eigenvalue weighted by Crippen LogP contribution is 2.30. The molecule has 0 aliphatic carbocycles. The Morgan fingerprint density at radius 3 is 2.88 bits per heavy atom. The Labute approximate surface area is 115 Å². The zero-order chi connectivity index (χ0) is 12.7. The number of hydrogen-bond acceptors (Lipinski definition) is 2. The maximum Gasteiger partial charge on any atom is 0.145 e. The van der Waals surface area contributed by atoms with Gasteiger partial charge in [-0.3, -0.25) is 0 Å². The van der Waals surface area contributed by atoms with Crippen LogP contribution in [0.1, 0.15) is 19.8 Å². The van der Waals surface area contributed by atoms with E-state index in [2.05, 4.69) is 28.2 Å². The first-order valence-corrected chi connectivity index (χ1v) is 6.80. The van der Waals surface area contributed by atoms with Crippen LogP contribution in [0.4, 0.5) is 4.39 Å². The summed E-state index contributed by atoms with van der Waals surface area (Å²) in [6.07, 6.45) is 2.01. The lowest BCUT2D eigenvalue weighted by molar-refractivity contribution is 0.305. The molecule has 0 amide bonds. The zero-order valence-electron chi connectivity index (χ0n) is 9.73. The smallest absolute Gasteiger partial charge is 0.145 e. The van der Waals surface area contributed by atoms with Crippen LogP contribution >= 0.6 is 27.5 Å². The lowest BCUT2D eigenvalue weighted by Crippen LogP contribution is -2.18. The molecule has 1 aromatic carbocycles. The largest absolute Gasteiger partial charge is 0.492 e. The third kappa shape index (κ3) is 5.23. The van der Waals surface area contributed by atoms with E-state index in [0.717, 1.165) is 25.9 Å². The minimum absolute atomic E-state index is 0.0915. The number of hydrogen-bond donors (Lipinski definition) is 1. The van der Waals surface area contributed by atoms with Crippen LogP contribution in [0.3, 0.4) is 0 Å². The Balaban J connectivity index is 2.34. The van der Waals surface area contributed by atoms with Crippen LogP contribution in [0, 0.1) is 5.82 Å². The van der Waals surface area contributed by atoms with Crippen molar-refractivity contribution in [3.8, 4) is 5.75 Å². The van der Waals surface area contributed by atoms with Crippen molar-refractivity contribution in [2.75, 3.05) is 19.7 Å². The molecule has 0 bridgehead atoms. The average molecular weight is 325 g/mol. The van der Waals surface area contributed by atoms with Gasteiger partial charge in [-0.15, -0.1) is 0 Å². The Morgan fingerprint density at radius 1 is 1.41 bits per heavy atom. The molecule has 0 fully saturated rings. The molecule has 0 aliphatic rings. The molecule has 0 atom stereocenters. The van der Waals surface area contributed by atoms with Gasteiger partial charge >= 0.3 is 0 Å². The van der Waals surface area contributed by atoms with Crippen LogP contribution < -0.4 is 10.1 Å². The van der Waals surface area contributed by atoms with Gasteiger partial charge < -0.3 is 10.1 Å². The van der Waals surface area contributed by atoms with Crippen molar-refractivity contribution < 1.29 is 9.13 Å². The van der Waals surface area contributed by atoms with Gasteiger partial charge in [0.05, 0.1) is 16.1 Å². The molecule has 1 aromatic rings. The van der Waals surface area contributed by atoms with Gasteiger partial charge in [-0.1, -0.05) is 18.5 Å². The highest BCUT2D eigenvalue weighted by Gasteiger charge is 2.07. The third-order valence-corrected chi connectivity index (χ3v) is 3.07. The van der Waals surface area contributed by atoms with Crippen molar-refractivity contribution in [3.05, 3.63) is 27.4 Å². The second-order valence-electron chi connectivity index (χ2n) is 3.65. The van der Waals surface area contributed by atoms with Crippen LogP contribution in [-0.2, 0) is 0 Å². The van der Waals surface area contributed by atoms with Gasteiger partial charge in [-0.2, -0.15) is 0 Å². The molecule has 0 heterocycles. The Kier molecular flexibility index (Phi) is 6.85. The molecule has 96 valence electrons. The first-order chi connectivity index (χ1) is 8.15. The molecule has 0 unspecified atom stereocenters. The molecular formula is C12H16BrClFNO. The fourth-order valence-corrected chi connectivity index (χ4v) is 2.05. The molecule has 17 heavy (non-hydrogen) atoms. The summed E-state index contributed by atoms with van der Waals surface area (Å²) in [7, 11) is 0. The van der Waals surface area contributed by atoms with Crippen LogP contribution in [0.15, 0.2) is 16.6 Å². The lowest BCUT2D eigenvalue weighted by Gasteiger charge is -2.09. The van der Waals surface area contributed by atoms with Crippen LogP contribution in [0.25, 0.3) is 0 Å².